The fourth-order valence-electron chi connectivity index (χ4n) is 2.92. The quantitative estimate of drug-likeness (QED) is 0.762. The zero-order valence-electron chi connectivity index (χ0n) is 10.6. The largest absolute Gasteiger partial charge is 0.348 e. The fourth-order valence-corrected chi connectivity index (χ4v) is 2.92. The summed E-state index contributed by atoms with van der Waals surface area (Å²) in [4.78, 5) is 16.2. The first-order valence-electron chi connectivity index (χ1n) is 6.84. The molecule has 0 saturated carbocycles. The number of nitrogens with zero attached hydrogens (tertiary/aromatic N) is 2. The van der Waals surface area contributed by atoms with Crippen molar-refractivity contribution in [1.29, 1.82) is 0 Å². The van der Waals surface area contributed by atoms with Crippen molar-refractivity contribution < 1.29 is 14.3 Å². The van der Waals surface area contributed by atoms with Crippen LogP contribution < -0.4 is 5.32 Å². The molecule has 2 amide bonds. The number of urea groups is 1. The predicted octanol–water partition coefficient (Wildman–Crippen LogP) is -0.151. The van der Waals surface area contributed by atoms with E-state index in [1.165, 1.54) is 0 Å². The molecule has 0 aliphatic carbocycles. The summed E-state index contributed by atoms with van der Waals surface area (Å²) in [5.41, 5.74) is 0. The van der Waals surface area contributed by atoms with Gasteiger partial charge in [-0.3, -0.25) is 0 Å². The van der Waals surface area contributed by atoms with Gasteiger partial charge in [-0.15, -0.1) is 0 Å². The fraction of sp³-hybridized carbons (Fsp3) is 0.917. The number of carbonyl (C=O) groups excluding carboxylic acids is 1. The predicted molar refractivity (Wildman–Crippen MR) is 65.3 cm³/mol. The highest BCUT2D eigenvalue weighted by molar-refractivity contribution is 5.76. The topological polar surface area (TPSA) is 54.0 Å². The average Bonchev–Trinajstić information content (AvgIpc) is 3.03. The van der Waals surface area contributed by atoms with Crippen LogP contribution in [0.2, 0.25) is 0 Å². The summed E-state index contributed by atoms with van der Waals surface area (Å²) in [7, 11) is 0. The van der Waals surface area contributed by atoms with Crippen molar-refractivity contribution in [3.63, 3.8) is 0 Å². The summed E-state index contributed by atoms with van der Waals surface area (Å²) in [6, 6.07) is 0.565. The molecule has 0 bridgehead atoms. The summed E-state index contributed by atoms with van der Waals surface area (Å²) >= 11 is 0. The zero-order valence-corrected chi connectivity index (χ0v) is 10.6. The lowest BCUT2D eigenvalue weighted by atomic mass is 10.1. The molecular formula is C12H21N3O3. The Kier molecular flexibility index (Phi) is 3.67. The average molecular weight is 255 g/mol. The van der Waals surface area contributed by atoms with Gasteiger partial charge in [-0.1, -0.05) is 0 Å². The van der Waals surface area contributed by atoms with Crippen LogP contribution in [0.5, 0.6) is 0 Å². The molecule has 3 saturated heterocycles. The van der Waals surface area contributed by atoms with Crippen molar-refractivity contribution in [2.24, 2.45) is 0 Å². The first kappa shape index (κ1) is 12.2. The van der Waals surface area contributed by atoms with E-state index in [0.717, 1.165) is 39.0 Å². The van der Waals surface area contributed by atoms with Crippen molar-refractivity contribution in [2.45, 2.75) is 25.2 Å². The maximum absolute atomic E-state index is 12.3. The normalized spacial score (nSPS) is 27.4. The summed E-state index contributed by atoms with van der Waals surface area (Å²) in [6.45, 7) is 5.53. The number of hydrogen-bond acceptors (Lipinski definition) is 4. The third-order valence-corrected chi connectivity index (χ3v) is 3.94. The van der Waals surface area contributed by atoms with Gasteiger partial charge in [-0.05, 0) is 25.9 Å². The monoisotopic (exact) mass is 255 g/mol. The minimum absolute atomic E-state index is 0.154. The number of carbonyl (C=O) groups is 1. The van der Waals surface area contributed by atoms with Crippen molar-refractivity contribution in [2.75, 3.05) is 45.9 Å². The Bertz CT molecular complexity index is 301. The number of rotatable bonds is 3. The van der Waals surface area contributed by atoms with Crippen LogP contribution in [0.3, 0.4) is 0 Å². The smallest absolute Gasteiger partial charge is 0.320 e. The van der Waals surface area contributed by atoms with Gasteiger partial charge >= 0.3 is 6.03 Å². The molecule has 6 heteroatoms. The van der Waals surface area contributed by atoms with Gasteiger partial charge in [0.1, 0.15) is 0 Å². The molecule has 1 N–H and O–H groups in total. The van der Waals surface area contributed by atoms with Gasteiger partial charge in [-0.2, -0.15) is 0 Å². The highest BCUT2D eigenvalue weighted by Gasteiger charge is 2.35. The highest BCUT2D eigenvalue weighted by atomic mass is 16.7. The molecule has 0 aromatic carbocycles. The lowest BCUT2D eigenvalue weighted by molar-refractivity contribution is -0.0535. The zero-order chi connectivity index (χ0) is 12.4. The third kappa shape index (κ3) is 2.46. The van der Waals surface area contributed by atoms with Gasteiger partial charge in [0, 0.05) is 19.1 Å². The van der Waals surface area contributed by atoms with Crippen LogP contribution in [0, 0.1) is 0 Å². The van der Waals surface area contributed by atoms with E-state index in [0.29, 0.717) is 25.8 Å². The minimum Gasteiger partial charge on any atom is -0.348 e. The molecule has 6 nitrogen and oxygen atoms in total. The van der Waals surface area contributed by atoms with E-state index in [4.69, 9.17) is 9.47 Å². The van der Waals surface area contributed by atoms with Crippen molar-refractivity contribution in [1.82, 2.24) is 15.1 Å². The number of piperidine rings is 1. The third-order valence-electron chi connectivity index (χ3n) is 3.94. The number of ether oxygens (including phenoxy) is 2. The molecule has 102 valence electrons. The molecule has 18 heavy (non-hydrogen) atoms. The lowest BCUT2D eigenvalue weighted by Gasteiger charge is -2.31. The van der Waals surface area contributed by atoms with E-state index in [2.05, 4.69) is 5.32 Å². The summed E-state index contributed by atoms with van der Waals surface area (Å²) < 4.78 is 10.8. The maximum Gasteiger partial charge on any atom is 0.320 e. The number of amides is 2. The molecule has 0 atom stereocenters. The van der Waals surface area contributed by atoms with E-state index in [-0.39, 0.29) is 12.3 Å². The van der Waals surface area contributed by atoms with Gasteiger partial charge in [0.2, 0.25) is 0 Å². The molecule has 0 aromatic heterocycles. The Morgan fingerprint density at radius 2 is 1.89 bits per heavy atom. The van der Waals surface area contributed by atoms with Crippen LogP contribution in [-0.4, -0.2) is 74.1 Å². The first-order chi connectivity index (χ1) is 8.84. The summed E-state index contributed by atoms with van der Waals surface area (Å²) in [5.74, 6) is 0. The first-order valence-corrected chi connectivity index (χ1v) is 6.84. The second kappa shape index (κ2) is 5.42. The second-order valence-corrected chi connectivity index (χ2v) is 5.07. The number of hydrogen-bond donors (Lipinski definition) is 1. The standard InChI is InChI=1S/C12H21N3O3/c16-12-14(9-11-17-7-8-18-11)5-6-15(12)10-1-3-13-4-2-10/h10-11,13H,1-9H2. The minimum atomic E-state index is -0.220. The van der Waals surface area contributed by atoms with Crippen LogP contribution in [0.25, 0.3) is 0 Å². The maximum atomic E-state index is 12.3. The summed E-state index contributed by atoms with van der Waals surface area (Å²) in [6.07, 6.45) is 1.91. The van der Waals surface area contributed by atoms with Crippen LogP contribution in [-0.2, 0) is 9.47 Å². The molecular weight excluding hydrogens is 234 g/mol. The summed E-state index contributed by atoms with van der Waals surface area (Å²) in [5, 5.41) is 3.33. The highest BCUT2D eigenvalue weighted by Crippen LogP contribution is 2.19. The molecule has 0 spiro atoms. The van der Waals surface area contributed by atoms with Crippen LogP contribution in [0.15, 0.2) is 0 Å². The van der Waals surface area contributed by atoms with Crippen LogP contribution in [0.1, 0.15) is 12.8 Å². The second-order valence-electron chi connectivity index (χ2n) is 5.07. The Hall–Kier alpha value is -0.850. The SMILES string of the molecule is O=C1N(CC2OCCO2)CCN1C1CCNCC1. The molecule has 0 radical (unpaired) electrons. The van der Waals surface area contributed by atoms with E-state index in [1.54, 1.807) is 0 Å². The molecule has 3 aliphatic heterocycles. The van der Waals surface area contributed by atoms with Gasteiger partial charge in [-0.25, -0.2) is 4.79 Å². The van der Waals surface area contributed by atoms with Crippen molar-refractivity contribution in [3.05, 3.63) is 0 Å². The Morgan fingerprint density at radius 1 is 1.17 bits per heavy atom. The van der Waals surface area contributed by atoms with E-state index in [1.807, 2.05) is 9.80 Å². The molecule has 3 fully saturated rings. The van der Waals surface area contributed by atoms with E-state index in [9.17, 15) is 4.79 Å². The van der Waals surface area contributed by atoms with Crippen LogP contribution >= 0.6 is 0 Å². The van der Waals surface area contributed by atoms with Gasteiger partial charge in [0.15, 0.2) is 6.29 Å². The Balaban J connectivity index is 1.54. The van der Waals surface area contributed by atoms with Crippen molar-refractivity contribution in [3.8, 4) is 0 Å². The van der Waals surface area contributed by atoms with Crippen LogP contribution in [0.4, 0.5) is 4.79 Å². The molecule has 3 rings (SSSR count). The Morgan fingerprint density at radius 3 is 2.61 bits per heavy atom. The van der Waals surface area contributed by atoms with Crippen molar-refractivity contribution >= 4 is 6.03 Å². The molecule has 0 aromatic rings. The molecule has 3 aliphatic rings. The lowest BCUT2D eigenvalue weighted by Crippen LogP contribution is -2.46. The van der Waals surface area contributed by atoms with Gasteiger partial charge in [0.05, 0.1) is 19.8 Å². The molecule has 0 unspecified atom stereocenters. The Labute approximate surface area is 107 Å². The molecule has 3 heterocycles. The number of nitrogens with one attached hydrogen (secondary N) is 1. The van der Waals surface area contributed by atoms with E-state index < -0.39 is 0 Å². The van der Waals surface area contributed by atoms with E-state index >= 15 is 0 Å². The van der Waals surface area contributed by atoms with Gasteiger partial charge in [0.25, 0.3) is 0 Å². The van der Waals surface area contributed by atoms with Gasteiger partial charge < -0.3 is 24.6 Å².